The third-order valence-corrected chi connectivity index (χ3v) is 5.36. The number of alkyl halides is 3. The smallest absolute Gasteiger partial charge is 0.326 e. The molecule has 0 saturated heterocycles. The molecule has 0 radical (unpaired) electrons. The number of nitrogens with one attached hydrogen (secondary N) is 4. The summed E-state index contributed by atoms with van der Waals surface area (Å²) < 4.78 is 39.6. The molecule has 0 saturated carbocycles. The number of carbonyl (C=O) groups is 2. The lowest BCUT2D eigenvalue weighted by molar-refractivity contribution is -0.137. The van der Waals surface area contributed by atoms with Gasteiger partial charge in [-0.05, 0) is 42.5 Å². The van der Waals surface area contributed by atoms with Crippen molar-refractivity contribution in [3.8, 4) is 0 Å². The van der Waals surface area contributed by atoms with Crippen LogP contribution < -0.4 is 21.5 Å². The molecular formula is C21H15BrF3N5O3. The average molecular weight is 522 g/mol. The normalized spacial score (nSPS) is 15.4. The van der Waals surface area contributed by atoms with Crippen LogP contribution in [0.5, 0.6) is 0 Å². The molecule has 4 N–H and O–H groups in total. The summed E-state index contributed by atoms with van der Waals surface area (Å²) in [5, 5.41) is 7.69. The summed E-state index contributed by atoms with van der Waals surface area (Å²) in [4.78, 5) is 44.3. The summed E-state index contributed by atoms with van der Waals surface area (Å²) >= 11 is 3.29. The van der Waals surface area contributed by atoms with E-state index in [1.54, 1.807) is 24.3 Å². The van der Waals surface area contributed by atoms with Crippen molar-refractivity contribution < 1.29 is 22.8 Å². The van der Waals surface area contributed by atoms with Crippen LogP contribution in [0.25, 0.3) is 0 Å². The molecule has 0 unspecified atom stereocenters. The van der Waals surface area contributed by atoms with E-state index >= 15 is 0 Å². The fourth-order valence-electron chi connectivity index (χ4n) is 3.33. The lowest BCUT2D eigenvalue weighted by atomic mass is 9.92. The number of hydrogen-bond acceptors (Lipinski definition) is 5. The summed E-state index contributed by atoms with van der Waals surface area (Å²) in [5.41, 5.74) is -1.13. The van der Waals surface area contributed by atoms with Gasteiger partial charge in [0.25, 0.3) is 5.56 Å². The van der Waals surface area contributed by atoms with Gasteiger partial charge in [0.2, 0.25) is 17.8 Å². The third-order valence-electron chi connectivity index (χ3n) is 4.83. The van der Waals surface area contributed by atoms with E-state index in [2.05, 4.69) is 41.8 Å². The minimum atomic E-state index is -4.54. The van der Waals surface area contributed by atoms with E-state index in [0.717, 1.165) is 16.6 Å². The van der Waals surface area contributed by atoms with Crippen LogP contribution in [0.15, 0.2) is 57.8 Å². The molecule has 8 nitrogen and oxygen atoms in total. The molecule has 1 aliphatic rings. The molecule has 0 spiro atoms. The second-order valence-electron chi connectivity index (χ2n) is 7.18. The Hall–Kier alpha value is -3.67. The van der Waals surface area contributed by atoms with Crippen LogP contribution in [0.3, 0.4) is 0 Å². The van der Waals surface area contributed by atoms with E-state index in [4.69, 9.17) is 0 Å². The van der Waals surface area contributed by atoms with Crippen molar-refractivity contribution in [3.05, 3.63) is 74.5 Å². The Morgan fingerprint density at radius 3 is 2.52 bits per heavy atom. The lowest BCUT2D eigenvalue weighted by Gasteiger charge is -2.23. The molecule has 2 amide bonds. The Morgan fingerprint density at radius 1 is 1.09 bits per heavy atom. The number of aromatic amines is 1. The van der Waals surface area contributed by atoms with Gasteiger partial charge in [-0.15, -0.1) is 0 Å². The number of fused-ring (bicyclic) bond motifs is 1. The van der Waals surface area contributed by atoms with E-state index in [-0.39, 0.29) is 29.4 Å². The molecule has 2 aromatic carbocycles. The molecule has 12 heteroatoms. The monoisotopic (exact) mass is 521 g/mol. The Bertz CT molecular complexity index is 1290. The number of amides is 2. The zero-order valence-electron chi connectivity index (χ0n) is 16.6. The first-order valence-corrected chi connectivity index (χ1v) is 10.3. The van der Waals surface area contributed by atoms with E-state index in [1.165, 1.54) is 12.1 Å². The summed E-state index contributed by atoms with van der Waals surface area (Å²) in [7, 11) is 0. The minimum Gasteiger partial charge on any atom is -0.326 e. The summed E-state index contributed by atoms with van der Waals surface area (Å²) in [5.74, 6) is -2.52. The molecule has 0 bridgehead atoms. The fourth-order valence-corrected chi connectivity index (χ4v) is 3.59. The van der Waals surface area contributed by atoms with Crippen molar-refractivity contribution in [2.75, 3.05) is 16.0 Å². The Morgan fingerprint density at radius 2 is 1.82 bits per heavy atom. The maximum atomic E-state index is 12.9. The molecule has 1 atom stereocenters. The predicted molar refractivity (Wildman–Crippen MR) is 118 cm³/mol. The van der Waals surface area contributed by atoms with Gasteiger partial charge in [-0.25, -0.2) is 0 Å². The Kier molecular flexibility index (Phi) is 5.93. The van der Waals surface area contributed by atoms with Gasteiger partial charge in [-0.2, -0.15) is 18.2 Å². The molecule has 170 valence electrons. The zero-order valence-corrected chi connectivity index (χ0v) is 18.2. The van der Waals surface area contributed by atoms with Gasteiger partial charge in [0.05, 0.1) is 17.0 Å². The van der Waals surface area contributed by atoms with Gasteiger partial charge in [-0.3, -0.25) is 19.4 Å². The number of nitrogens with zero attached hydrogens (tertiary/aromatic N) is 1. The molecule has 0 fully saturated rings. The van der Waals surface area contributed by atoms with Crippen molar-refractivity contribution >= 4 is 50.9 Å². The summed E-state index contributed by atoms with van der Waals surface area (Å²) in [6.07, 6.45) is -4.81. The van der Waals surface area contributed by atoms with Crippen LogP contribution in [-0.2, 0) is 15.8 Å². The lowest BCUT2D eigenvalue weighted by Crippen LogP contribution is -2.36. The van der Waals surface area contributed by atoms with Crippen molar-refractivity contribution in [2.24, 2.45) is 0 Å². The van der Waals surface area contributed by atoms with E-state index < -0.39 is 35.0 Å². The van der Waals surface area contributed by atoms with Gasteiger partial charge >= 0.3 is 6.18 Å². The molecule has 33 heavy (non-hydrogen) atoms. The molecule has 0 aliphatic carbocycles. The van der Waals surface area contributed by atoms with Crippen LogP contribution in [0, 0.1) is 0 Å². The number of H-pyrrole nitrogens is 1. The van der Waals surface area contributed by atoms with Crippen LogP contribution in [0.2, 0.25) is 0 Å². The van der Waals surface area contributed by atoms with Crippen molar-refractivity contribution in [3.63, 3.8) is 0 Å². The first-order chi connectivity index (χ1) is 15.6. The van der Waals surface area contributed by atoms with Crippen molar-refractivity contribution in [2.45, 2.75) is 18.5 Å². The van der Waals surface area contributed by atoms with E-state index in [1.807, 2.05) is 0 Å². The Balaban J connectivity index is 1.62. The third kappa shape index (κ3) is 5.06. The first-order valence-electron chi connectivity index (χ1n) is 9.55. The van der Waals surface area contributed by atoms with Crippen molar-refractivity contribution in [1.82, 2.24) is 9.97 Å². The number of hydrogen-bond donors (Lipinski definition) is 4. The highest BCUT2D eigenvalue weighted by molar-refractivity contribution is 9.10. The SMILES string of the molecule is O=C1C[C@@H](C(=O)Nc2ccc(Br)cc2)c2c(nc(Nc3cccc(C(F)(F)F)c3)[nH]c2=O)N1. The number of anilines is 4. The molecule has 1 aromatic heterocycles. The fraction of sp³-hybridized carbons (Fsp3) is 0.143. The maximum Gasteiger partial charge on any atom is 0.416 e. The maximum absolute atomic E-state index is 12.9. The summed E-state index contributed by atoms with van der Waals surface area (Å²) in [6, 6.07) is 11.1. The zero-order chi connectivity index (χ0) is 23.8. The molecular weight excluding hydrogens is 507 g/mol. The van der Waals surface area contributed by atoms with Gasteiger partial charge in [0, 0.05) is 22.3 Å². The first kappa shape index (κ1) is 22.5. The quantitative estimate of drug-likeness (QED) is 0.407. The van der Waals surface area contributed by atoms with E-state index in [0.29, 0.717) is 5.69 Å². The number of rotatable bonds is 4. The summed E-state index contributed by atoms with van der Waals surface area (Å²) in [6.45, 7) is 0. The largest absolute Gasteiger partial charge is 0.416 e. The van der Waals surface area contributed by atoms with Gasteiger partial charge in [0.1, 0.15) is 5.82 Å². The Labute approximate surface area is 192 Å². The highest BCUT2D eigenvalue weighted by Crippen LogP contribution is 2.32. The van der Waals surface area contributed by atoms with Gasteiger partial charge in [-0.1, -0.05) is 22.0 Å². The number of carbonyl (C=O) groups excluding carboxylic acids is 2. The number of aromatic nitrogens is 2. The van der Waals surface area contributed by atoms with Crippen LogP contribution >= 0.6 is 15.9 Å². The van der Waals surface area contributed by atoms with Gasteiger partial charge < -0.3 is 16.0 Å². The second-order valence-corrected chi connectivity index (χ2v) is 8.10. The highest BCUT2D eigenvalue weighted by atomic mass is 79.9. The van der Waals surface area contributed by atoms with Crippen LogP contribution in [0.4, 0.5) is 36.3 Å². The predicted octanol–water partition coefficient (Wildman–Crippen LogP) is 4.36. The van der Waals surface area contributed by atoms with Gasteiger partial charge in [0.15, 0.2) is 0 Å². The molecule has 1 aliphatic heterocycles. The number of benzene rings is 2. The second kappa shape index (κ2) is 8.70. The molecule has 4 rings (SSSR count). The standard InChI is InChI=1S/C21H15BrF3N5O3/c22-11-4-6-12(7-5-11)26-18(32)14-9-15(31)28-17-16(14)19(33)30-20(29-17)27-13-3-1-2-10(8-13)21(23,24)25/h1-8,14H,9H2,(H,26,32)(H3,27,28,29,30,31,33)/t14-/m1/s1. The minimum absolute atomic E-state index is 0.0274. The van der Waals surface area contributed by atoms with Crippen LogP contribution in [0.1, 0.15) is 23.5 Å². The highest BCUT2D eigenvalue weighted by Gasteiger charge is 2.35. The topological polar surface area (TPSA) is 116 Å². The van der Waals surface area contributed by atoms with Crippen LogP contribution in [-0.4, -0.2) is 21.8 Å². The van der Waals surface area contributed by atoms with Crippen molar-refractivity contribution in [1.29, 1.82) is 0 Å². The molecule has 2 heterocycles. The van der Waals surface area contributed by atoms with E-state index in [9.17, 15) is 27.6 Å². The number of halogens is 4. The average Bonchev–Trinajstić information content (AvgIpc) is 2.74. The molecule has 3 aromatic rings.